The van der Waals surface area contributed by atoms with E-state index in [1.165, 1.54) is 6.26 Å². The molecule has 102 valence electrons. The average molecular weight is 355 g/mol. The molecule has 0 amide bonds. The molecule has 1 N–H and O–H groups in total. The normalized spacial score (nSPS) is 15.4. The van der Waals surface area contributed by atoms with Gasteiger partial charge >= 0.3 is 0 Å². The van der Waals surface area contributed by atoms with Crippen LogP contribution < -0.4 is 5.32 Å². The third kappa shape index (κ3) is 5.26. The molecule has 1 aromatic rings. The van der Waals surface area contributed by atoms with E-state index >= 15 is 0 Å². The molecule has 0 aliphatic heterocycles. The van der Waals surface area contributed by atoms with E-state index in [1.807, 2.05) is 32.0 Å². The van der Waals surface area contributed by atoms with Crippen LogP contribution in [0.1, 0.15) is 25.5 Å². The van der Waals surface area contributed by atoms with E-state index in [1.54, 1.807) is 0 Å². The number of rotatable bonds is 5. The topological polar surface area (TPSA) is 46.2 Å². The lowest BCUT2D eigenvalue weighted by molar-refractivity contribution is 0.501. The maximum atomic E-state index is 11.2. The van der Waals surface area contributed by atoms with Gasteiger partial charge in [0.15, 0.2) is 0 Å². The minimum atomic E-state index is -2.97. The van der Waals surface area contributed by atoms with Gasteiger partial charge in [-0.15, -0.1) is 0 Å². The van der Waals surface area contributed by atoms with E-state index in [0.29, 0.717) is 5.02 Å². The molecule has 0 aliphatic rings. The monoisotopic (exact) mass is 353 g/mol. The van der Waals surface area contributed by atoms with Crippen LogP contribution in [0, 0.1) is 0 Å². The Bertz CT molecular complexity index is 519. The third-order valence-electron chi connectivity index (χ3n) is 2.52. The first kappa shape index (κ1) is 16.0. The van der Waals surface area contributed by atoms with Crippen LogP contribution in [-0.4, -0.2) is 26.5 Å². The summed E-state index contributed by atoms with van der Waals surface area (Å²) in [4.78, 5) is 0. The third-order valence-corrected chi connectivity index (χ3v) is 4.44. The van der Waals surface area contributed by atoms with Gasteiger partial charge in [0.05, 0.1) is 5.75 Å². The molecule has 6 heteroatoms. The summed E-state index contributed by atoms with van der Waals surface area (Å²) in [6.45, 7) is 3.82. The molecule has 1 rings (SSSR count). The Kier molecular flexibility index (Phi) is 5.65. The van der Waals surface area contributed by atoms with E-state index in [0.717, 1.165) is 10.0 Å². The maximum absolute atomic E-state index is 11.2. The minimum Gasteiger partial charge on any atom is -0.307 e. The SMILES string of the molecule is CC(CS(C)(=O)=O)NC(C)c1ccc(Br)cc1Cl. The Morgan fingerprint density at radius 3 is 2.50 bits per heavy atom. The molecule has 18 heavy (non-hydrogen) atoms. The highest BCUT2D eigenvalue weighted by atomic mass is 79.9. The van der Waals surface area contributed by atoms with Crippen LogP contribution in [0.15, 0.2) is 22.7 Å². The van der Waals surface area contributed by atoms with E-state index in [4.69, 9.17) is 11.6 Å². The summed E-state index contributed by atoms with van der Waals surface area (Å²) in [5, 5.41) is 3.90. The Hall–Kier alpha value is -0.100. The fraction of sp³-hybridized carbons (Fsp3) is 0.500. The van der Waals surface area contributed by atoms with Crippen molar-refractivity contribution < 1.29 is 8.42 Å². The fourth-order valence-electron chi connectivity index (χ4n) is 1.87. The van der Waals surface area contributed by atoms with Crippen LogP contribution in [0.2, 0.25) is 5.02 Å². The van der Waals surface area contributed by atoms with Crippen LogP contribution >= 0.6 is 27.5 Å². The van der Waals surface area contributed by atoms with Gasteiger partial charge in [-0.1, -0.05) is 33.6 Å². The number of benzene rings is 1. The number of hydrogen-bond acceptors (Lipinski definition) is 3. The predicted molar refractivity (Wildman–Crippen MR) is 79.9 cm³/mol. The van der Waals surface area contributed by atoms with Crippen LogP contribution in [0.4, 0.5) is 0 Å². The van der Waals surface area contributed by atoms with Crippen molar-refractivity contribution in [2.24, 2.45) is 0 Å². The number of nitrogens with one attached hydrogen (secondary N) is 1. The van der Waals surface area contributed by atoms with Gasteiger partial charge in [0.1, 0.15) is 9.84 Å². The molecule has 0 aromatic heterocycles. The predicted octanol–water partition coefficient (Wildman–Crippen LogP) is 3.19. The standard InChI is InChI=1S/C12H17BrClNO2S/c1-8(7-18(3,16)17)15-9(2)11-5-4-10(13)6-12(11)14/h4-6,8-9,15H,7H2,1-3H3. The van der Waals surface area contributed by atoms with Crippen LogP contribution in [0.3, 0.4) is 0 Å². The zero-order valence-electron chi connectivity index (χ0n) is 10.6. The van der Waals surface area contributed by atoms with Crippen molar-refractivity contribution in [2.45, 2.75) is 25.9 Å². The van der Waals surface area contributed by atoms with Crippen molar-refractivity contribution >= 4 is 37.4 Å². The van der Waals surface area contributed by atoms with Crippen LogP contribution in [-0.2, 0) is 9.84 Å². The van der Waals surface area contributed by atoms with Crippen molar-refractivity contribution in [3.05, 3.63) is 33.3 Å². The molecule has 0 radical (unpaired) electrons. The molecule has 0 saturated carbocycles. The summed E-state index contributed by atoms with van der Waals surface area (Å²) in [7, 11) is -2.97. The second-order valence-electron chi connectivity index (χ2n) is 4.55. The summed E-state index contributed by atoms with van der Waals surface area (Å²) in [6.07, 6.45) is 1.24. The largest absolute Gasteiger partial charge is 0.307 e. The first-order chi connectivity index (χ1) is 8.19. The fourth-order valence-corrected chi connectivity index (χ4v) is 3.71. The highest BCUT2D eigenvalue weighted by molar-refractivity contribution is 9.10. The van der Waals surface area contributed by atoms with Gasteiger partial charge in [0.25, 0.3) is 0 Å². The molecule has 0 saturated heterocycles. The first-order valence-corrected chi connectivity index (χ1v) is 8.81. The second kappa shape index (κ2) is 6.37. The Morgan fingerprint density at radius 2 is 2.00 bits per heavy atom. The zero-order chi connectivity index (χ0) is 13.9. The number of halogens is 2. The van der Waals surface area contributed by atoms with Crippen molar-refractivity contribution in [3.63, 3.8) is 0 Å². The summed E-state index contributed by atoms with van der Waals surface area (Å²) in [6, 6.07) is 5.56. The molecule has 3 nitrogen and oxygen atoms in total. The molecular weight excluding hydrogens is 338 g/mol. The zero-order valence-corrected chi connectivity index (χ0v) is 13.7. The number of sulfone groups is 1. The lowest BCUT2D eigenvalue weighted by atomic mass is 10.1. The molecule has 0 bridgehead atoms. The second-order valence-corrected chi connectivity index (χ2v) is 8.06. The smallest absolute Gasteiger partial charge is 0.148 e. The van der Waals surface area contributed by atoms with Gasteiger partial charge in [-0.2, -0.15) is 0 Å². The Morgan fingerprint density at radius 1 is 1.39 bits per heavy atom. The van der Waals surface area contributed by atoms with E-state index < -0.39 is 9.84 Å². The minimum absolute atomic E-state index is 0.00218. The first-order valence-electron chi connectivity index (χ1n) is 5.58. The van der Waals surface area contributed by atoms with Crippen molar-refractivity contribution in [1.29, 1.82) is 0 Å². The van der Waals surface area contributed by atoms with Crippen LogP contribution in [0.25, 0.3) is 0 Å². The van der Waals surface area contributed by atoms with Crippen molar-refractivity contribution in [1.82, 2.24) is 5.32 Å². The van der Waals surface area contributed by atoms with Gasteiger partial charge in [0, 0.05) is 27.8 Å². The average Bonchev–Trinajstić information content (AvgIpc) is 2.13. The Balaban J connectivity index is 2.73. The summed E-state index contributed by atoms with van der Waals surface area (Å²) in [5.74, 6) is 0.117. The molecule has 0 heterocycles. The van der Waals surface area contributed by atoms with Gasteiger partial charge in [0.2, 0.25) is 0 Å². The molecular formula is C12H17BrClNO2S. The van der Waals surface area contributed by atoms with Crippen molar-refractivity contribution in [3.8, 4) is 0 Å². The highest BCUT2D eigenvalue weighted by Crippen LogP contribution is 2.26. The summed E-state index contributed by atoms with van der Waals surface area (Å²) < 4.78 is 23.3. The van der Waals surface area contributed by atoms with Gasteiger partial charge in [-0.3, -0.25) is 0 Å². The van der Waals surface area contributed by atoms with Gasteiger partial charge in [-0.05, 0) is 31.5 Å². The maximum Gasteiger partial charge on any atom is 0.148 e. The highest BCUT2D eigenvalue weighted by Gasteiger charge is 2.15. The molecule has 2 atom stereocenters. The molecule has 0 spiro atoms. The molecule has 1 aromatic carbocycles. The van der Waals surface area contributed by atoms with E-state index in [2.05, 4.69) is 21.2 Å². The quantitative estimate of drug-likeness (QED) is 0.883. The van der Waals surface area contributed by atoms with E-state index in [-0.39, 0.29) is 17.8 Å². The van der Waals surface area contributed by atoms with Gasteiger partial charge in [-0.25, -0.2) is 8.42 Å². The Labute approximate surface area is 122 Å². The number of hydrogen-bond donors (Lipinski definition) is 1. The lowest BCUT2D eigenvalue weighted by Gasteiger charge is -2.20. The molecule has 0 aliphatic carbocycles. The summed E-state index contributed by atoms with van der Waals surface area (Å²) >= 11 is 9.50. The molecule has 0 fully saturated rings. The molecule has 2 unspecified atom stereocenters. The van der Waals surface area contributed by atoms with Crippen LogP contribution in [0.5, 0.6) is 0 Å². The van der Waals surface area contributed by atoms with Crippen molar-refractivity contribution in [2.75, 3.05) is 12.0 Å². The summed E-state index contributed by atoms with van der Waals surface area (Å²) in [5.41, 5.74) is 0.959. The van der Waals surface area contributed by atoms with E-state index in [9.17, 15) is 8.42 Å². The van der Waals surface area contributed by atoms with Gasteiger partial charge < -0.3 is 5.32 Å². The lowest BCUT2D eigenvalue weighted by Crippen LogP contribution is -2.34.